The molecule has 176 valence electrons. The molecule has 0 aromatic heterocycles. The molecule has 2 aromatic carbocycles. The van der Waals surface area contributed by atoms with Gasteiger partial charge >= 0.3 is 0 Å². The molecule has 3 N–H and O–H groups in total. The second-order valence-electron chi connectivity index (χ2n) is 9.29. The number of nitrogens with one attached hydrogen (secondary N) is 1. The van der Waals surface area contributed by atoms with Crippen molar-refractivity contribution in [2.75, 3.05) is 0 Å². The lowest BCUT2D eigenvalue weighted by Gasteiger charge is -2.27. The molecule has 0 heterocycles. The number of benzene rings is 2. The monoisotopic (exact) mass is 472 g/mol. The van der Waals surface area contributed by atoms with Crippen LogP contribution < -0.4 is 4.72 Å². The first-order chi connectivity index (χ1) is 15.3. The van der Waals surface area contributed by atoms with E-state index in [9.17, 15) is 28.3 Å². The zero-order valence-electron chi connectivity index (χ0n) is 19.4. The number of hydrogen-bond acceptors (Lipinski definition) is 5. The van der Waals surface area contributed by atoms with E-state index in [1.807, 2.05) is 26.8 Å². The van der Waals surface area contributed by atoms with Crippen LogP contribution in [0.4, 0.5) is 4.39 Å². The lowest BCUT2D eigenvalue weighted by molar-refractivity contribution is 0.0759. The number of rotatable bonds is 6. The number of hydrogen-bond donors (Lipinski definition) is 3. The van der Waals surface area contributed by atoms with Crippen LogP contribution in [0.25, 0.3) is 0 Å². The van der Waals surface area contributed by atoms with E-state index in [1.165, 1.54) is 18.2 Å². The van der Waals surface area contributed by atoms with Gasteiger partial charge in [0, 0.05) is 18.0 Å². The van der Waals surface area contributed by atoms with E-state index >= 15 is 0 Å². The van der Waals surface area contributed by atoms with Crippen LogP contribution in [0, 0.1) is 17.1 Å². The number of nitrogens with zero attached hydrogens (tertiary/aromatic N) is 1. The number of aliphatic hydroxyl groups is 2. The van der Waals surface area contributed by atoms with Gasteiger partial charge in [0.2, 0.25) is 0 Å². The molecule has 33 heavy (non-hydrogen) atoms. The summed E-state index contributed by atoms with van der Waals surface area (Å²) in [5.41, 5.74) is 1.86. The van der Waals surface area contributed by atoms with E-state index in [0.717, 1.165) is 5.56 Å². The smallest absolute Gasteiger partial charge is 0.261 e. The maximum Gasteiger partial charge on any atom is 0.261 e. The van der Waals surface area contributed by atoms with Gasteiger partial charge in [-0.05, 0) is 65.8 Å². The van der Waals surface area contributed by atoms with E-state index in [2.05, 4.69) is 4.72 Å². The quantitative estimate of drug-likeness (QED) is 0.587. The first kappa shape index (κ1) is 24.9. The van der Waals surface area contributed by atoms with Gasteiger partial charge in [-0.25, -0.2) is 12.8 Å². The zero-order valence-corrected chi connectivity index (χ0v) is 20.2. The standard InChI is InChI=1S/C25H29FN2O4S/c1-14(2)23-21-11-18(8-15(3)20(21)10-16(12-27)24(23)26)28-33(31,32)19-6-7-22(25(4,5)30)17(9-19)13-29/h6-10,14-15,28-30H,11,13H2,1-5H3. The highest BCUT2D eigenvalue weighted by Gasteiger charge is 2.29. The number of halogens is 1. The van der Waals surface area contributed by atoms with Crippen LogP contribution in [-0.4, -0.2) is 18.6 Å². The Morgan fingerprint density at radius 3 is 2.52 bits per heavy atom. The van der Waals surface area contributed by atoms with Crippen LogP contribution in [0.5, 0.6) is 0 Å². The van der Waals surface area contributed by atoms with Crippen molar-refractivity contribution < 1.29 is 23.0 Å². The fourth-order valence-electron chi connectivity index (χ4n) is 4.43. The number of sulfonamides is 1. The number of allylic oxidation sites excluding steroid dienone is 2. The molecule has 0 fully saturated rings. The first-order valence-corrected chi connectivity index (χ1v) is 12.2. The van der Waals surface area contributed by atoms with Crippen molar-refractivity contribution in [3.05, 3.63) is 75.2 Å². The third-order valence-electron chi connectivity index (χ3n) is 5.94. The Morgan fingerprint density at radius 1 is 1.30 bits per heavy atom. The summed E-state index contributed by atoms with van der Waals surface area (Å²) < 4.78 is 43.8. The van der Waals surface area contributed by atoms with Gasteiger partial charge in [-0.1, -0.05) is 32.9 Å². The molecule has 0 saturated carbocycles. The molecule has 0 spiro atoms. The van der Waals surface area contributed by atoms with Crippen LogP contribution in [-0.2, 0) is 28.7 Å². The third-order valence-corrected chi connectivity index (χ3v) is 7.34. The average Bonchev–Trinajstić information content (AvgIpc) is 2.71. The van der Waals surface area contributed by atoms with Crippen LogP contribution in [0.1, 0.15) is 79.8 Å². The average molecular weight is 473 g/mol. The molecular formula is C25H29FN2O4S. The minimum atomic E-state index is -3.99. The molecule has 0 saturated heterocycles. The summed E-state index contributed by atoms with van der Waals surface area (Å²) in [5.74, 6) is -0.962. The predicted octanol–water partition coefficient (Wildman–Crippen LogP) is 4.06. The van der Waals surface area contributed by atoms with E-state index in [4.69, 9.17) is 0 Å². The summed E-state index contributed by atoms with van der Waals surface area (Å²) in [6.07, 6.45) is 1.95. The van der Waals surface area contributed by atoms with Crippen LogP contribution in [0.3, 0.4) is 0 Å². The van der Waals surface area contributed by atoms with E-state index in [0.29, 0.717) is 28.0 Å². The summed E-state index contributed by atoms with van der Waals surface area (Å²) in [5, 5.41) is 29.3. The van der Waals surface area contributed by atoms with Crippen molar-refractivity contribution in [1.82, 2.24) is 4.72 Å². The highest BCUT2D eigenvalue weighted by Crippen LogP contribution is 2.37. The highest BCUT2D eigenvalue weighted by atomic mass is 32.2. The largest absolute Gasteiger partial charge is 0.392 e. The SMILES string of the molecule is CC(C)c1c(F)c(C#N)cc2c1CC(NS(=O)(=O)c1ccc(C(C)(C)O)c(CO)c1)=CC2C. The summed E-state index contributed by atoms with van der Waals surface area (Å²) in [6.45, 7) is 8.25. The molecule has 3 rings (SSSR count). The van der Waals surface area contributed by atoms with Gasteiger partial charge in [-0.3, -0.25) is 4.72 Å². The van der Waals surface area contributed by atoms with Gasteiger partial charge in [-0.2, -0.15) is 5.26 Å². The van der Waals surface area contributed by atoms with Crippen LogP contribution >= 0.6 is 0 Å². The fraction of sp³-hybridized carbons (Fsp3) is 0.400. The Hall–Kier alpha value is -2.73. The number of fused-ring (bicyclic) bond motifs is 1. The van der Waals surface area contributed by atoms with Crippen molar-refractivity contribution in [2.45, 2.75) is 70.0 Å². The molecule has 0 radical (unpaired) electrons. The van der Waals surface area contributed by atoms with Gasteiger partial charge < -0.3 is 10.2 Å². The van der Waals surface area contributed by atoms with Gasteiger partial charge in [0.05, 0.1) is 22.7 Å². The van der Waals surface area contributed by atoms with E-state index < -0.39 is 28.0 Å². The van der Waals surface area contributed by atoms with Crippen molar-refractivity contribution in [1.29, 1.82) is 5.26 Å². The van der Waals surface area contributed by atoms with Crippen LogP contribution in [0.2, 0.25) is 0 Å². The molecule has 1 aliphatic rings. The van der Waals surface area contributed by atoms with Gasteiger partial charge in [0.15, 0.2) is 0 Å². The Morgan fingerprint density at radius 2 is 1.97 bits per heavy atom. The Labute approximate surface area is 194 Å². The van der Waals surface area contributed by atoms with Gasteiger partial charge in [0.25, 0.3) is 10.0 Å². The minimum absolute atomic E-state index is 0.00911. The first-order valence-electron chi connectivity index (χ1n) is 10.8. The fourth-order valence-corrected chi connectivity index (χ4v) is 5.58. The Bertz CT molecular complexity index is 1270. The Balaban J connectivity index is 2.00. The molecule has 0 amide bonds. The number of aliphatic hydroxyl groups excluding tert-OH is 1. The summed E-state index contributed by atoms with van der Waals surface area (Å²) in [4.78, 5) is -0.0472. The zero-order chi connectivity index (χ0) is 24.7. The highest BCUT2D eigenvalue weighted by molar-refractivity contribution is 7.89. The molecule has 1 atom stereocenters. The minimum Gasteiger partial charge on any atom is -0.392 e. The summed E-state index contributed by atoms with van der Waals surface area (Å²) >= 11 is 0. The maximum absolute atomic E-state index is 15.0. The molecule has 1 aliphatic carbocycles. The lowest BCUT2D eigenvalue weighted by atomic mass is 9.80. The summed E-state index contributed by atoms with van der Waals surface area (Å²) in [6, 6.07) is 7.67. The van der Waals surface area contributed by atoms with Crippen molar-refractivity contribution >= 4 is 10.0 Å². The molecule has 8 heteroatoms. The topological polar surface area (TPSA) is 110 Å². The lowest BCUT2D eigenvalue weighted by Crippen LogP contribution is -2.28. The maximum atomic E-state index is 15.0. The molecule has 0 bridgehead atoms. The second-order valence-corrected chi connectivity index (χ2v) is 11.0. The second kappa shape index (κ2) is 8.90. The van der Waals surface area contributed by atoms with E-state index in [-0.39, 0.29) is 28.7 Å². The van der Waals surface area contributed by atoms with Crippen LogP contribution in [0.15, 0.2) is 40.9 Å². The molecular weight excluding hydrogens is 443 g/mol. The van der Waals surface area contributed by atoms with Gasteiger partial charge in [-0.15, -0.1) is 0 Å². The normalized spacial score (nSPS) is 16.2. The van der Waals surface area contributed by atoms with Crippen molar-refractivity contribution in [3.63, 3.8) is 0 Å². The molecule has 2 aromatic rings. The molecule has 6 nitrogen and oxygen atoms in total. The molecule has 0 aliphatic heterocycles. The molecule has 1 unspecified atom stereocenters. The predicted molar refractivity (Wildman–Crippen MR) is 123 cm³/mol. The van der Waals surface area contributed by atoms with Crippen molar-refractivity contribution in [3.8, 4) is 6.07 Å². The Kier molecular flexibility index (Phi) is 6.72. The number of nitriles is 1. The third kappa shape index (κ3) is 4.81. The van der Waals surface area contributed by atoms with Gasteiger partial charge in [0.1, 0.15) is 11.9 Å². The summed E-state index contributed by atoms with van der Waals surface area (Å²) in [7, 11) is -3.99. The van der Waals surface area contributed by atoms with E-state index in [1.54, 1.807) is 26.0 Å². The van der Waals surface area contributed by atoms with Crippen molar-refractivity contribution in [2.24, 2.45) is 0 Å².